The standard InChI is InChI=1S/C12H20N2O/c1-3-10-8-11(14(2)13-10)12(15)7-9-5-4-6-9/h8-9,12,15H,3-7H2,1-2H3. The monoisotopic (exact) mass is 208 g/mol. The second-order valence-electron chi connectivity index (χ2n) is 4.59. The van der Waals surface area contributed by atoms with E-state index in [0.29, 0.717) is 0 Å². The van der Waals surface area contributed by atoms with Crippen LogP contribution in [0, 0.1) is 5.92 Å². The van der Waals surface area contributed by atoms with Crippen LogP contribution in [0.25, 0.3) is 0 Å². The van der Waals surface area contributed by atoms with E-state index in [0.717, 1.165) is 30.1 Å². The summed E-state index contributed by atoms with van der Waals surface area (Å²) in [6.45, 7) is 2.09. The molecular weight excluding hydrogens is 188 g/mol. The maximum absolute atomic E-state index is 10.1. The predicted molar refractivity (Wildman–Crippen MR) is 59.5 cm³/mol. The van der Waals surface area contributed by atoms with Crippen molar-refractivity contribution in [2.75, 3.05) is 0 Å². The molecule has 1 saturated carbocycles. The Bertz CT molecular complexity index is 328. The Morgan fingerprint density at radius 3 is 2.80 bits per heavy atom. The summed E-state index contributed by atoms with van der Waals surface area (Å²) in [7, 11) is 1.92. The number of aromatic nitrogens is 2. The van der Waals surface area contributed by atoms with Crippen molar-refractivity contribution in [1.29, 1.82) is 0 Å². The first kappa shape index (κ1) is 10.7. The number of aliphatic hydroxyl groups is 1. The zero-order valence-corrected chi connectivity index (χ0v) is 9.61. The molecule has 1 heterocycles. The average Bonchev–Trinajstić information content (AvgIpc) is 2.53. The summed E-state index contributed by atoms with van der Waals surface area (Å²) in [5, 5.41) is 14.4. The molecule has 1 unspecified atom stereocenters. The minimum absolute atomic E-state index is 0.326. The van der Waals surface area contributed by atoms with Gasteiger partial charge in [0.2, 0.25) is 0 Å². The van der Waals surface area contributed by atoms with Gasteiger partial charge < -0.3 is 5.11 Å². The van der Waals surface area contributed by atoms with Crippen LogP contribution in [0.15, 0.2) is 6.07 Å². The van der Waals surface area contributed by atoms with E-state index in [1.807, 2.05) is 17.8 Å². The quantitative estimate of drug-likeness (QED) is 0.823. The fourth-order valence-electron chi connectivity index (χ4n) is 2.19. The molecule has 1 aliphatic carbocycles. The fraction of sp³-hybridized carbons (Fsp3) is 0.750. The number of nitrogens with zero attached hydrogens (tertiary/aromatic N) is 2. The van der Waals surface area contributed by atoms with Gasteiger partial charge in [-0.1, -0.05) is 26.2 Å². The van der Waals surface area contributed by atoms with Crippen LogP contribution in [0.1, 0.15) is 50.1 Å². The molecule has 0 aromatic carbocycles. The topological polar surface area (TPSA) is 38.0 Å². The van der Waals surface area contributed by atoms with E-state index in [4.69, 9.17) is 0 Å². The third-order valence-corrected chi connectivity index (χ3v) is 3.45. The Labute approximate surface area is 91.1 Å². The summed E-state index contributed by atoms with van der Waals surface area (Å²) in [6, 6.07) is 2.03. The van der Waals surface area contributed by atoms with Crippen LogP contribution in [0.3, 0.4) is 0 Å². The van der Waals surface area contributed by atoms with E-state index in [-0.39, 0.29) is 6.10 Å². The lowest BCUT2D eigenvalue weighted by molar-refractivity contribution is 0.111. The highest BCUT2D eigenvalue weighted by atomic mass is 16.3. The Kier molecular flexibility index (Phi) is 3.10. The van der Waals surface area contributed by atoms with Gasteiger partial charge in [-0.05, 0) is 24.8 Å². The largest absolute Gasteiger partial charge is 0.387 e. The lowest BCUT2D eigenvalue weighted by atomic mass is 9.81. The maximum atomic E-state index is 10.1. The Morgan fingerprint density at radius 1 is 1.60 bits per heavy atom. The molecule has 1 fully saturated rings. The minimum atomic E-state index is -0.326. The molecule has 0 amide bonds. The molecule has 1 aliphatic rings. The van der Waals surface area contributed by atoms with E-state index >= 15 is 0 Å². The van der Waals surface area contributed by atoms with Gasteiger partial charge in [0.1, 0.15) is 0 Å². The molecule has 15 heavy (non-hydrogen) atoms. The van der Waals surface area contributed by atoms with Gasteiger partial charge in [-0.3, -0.25) is 4.68 Å². The maximum Gasteiger partial charge on any atom is 0.0959 e. The molecule has 3 nitrogen and oxygen atoms in total. The van der Waals surface area contributed by atoms with Gasteiger partial charge in [0, 0.05) is 7.05 Å². The molecule has 0 spiro atoms. The third kappa shape index (κ3) is 2.23. The average molecular weight is 208 g/mol. The Hall–Kier alpha value is -0.830. The second-order valence-corrected chi connectivity index (χ2v) is 4.59. The number of rotatable bonds is 4. The molecule has 84 valence electrons. The van der Waals surface area contributed by atoms with Crippen LogP contribution < -0.4 is 0 Å². The van der Waals surface area contributed by atoms with E-state index in [2.05, 4.69) is 12.0 Å². The summed E-state index contributed by atoms with van der Waals surface area (Å²) in [6.07, 6.45) is 5.42. The van der Waals surface area contributed by atoms with Crippen molar-refractivity contribution in [3.8, 4) is 0 Å². The highest BCUT2D eigenvalue weighted by Gasteiger charge is 2.23. The normalized spacial score (nSPS) is 18.9. The van der Waals surface area contributed by atoms with E-state index in [1.54, 1.807) is 0 Å². The van der Waals surface area contributed by atoms with Crippen molar-refractivity contribution in [2.45, 2.75) is 45.1 Å². The van der Waals surface area contributed by atoms with Gasteiger partial charge in [0.25, 0.3) is 0 Å². The van der Waals surface area contributed by atoms with E-state index in [9.17, 15) is 5.11 Å². The van der Waals surface area contributed by atoms with Gasteiger partial charge in [0.15, 0.2) is 0 Å². The first-order valence-corrected chi connectivity index (χ1v) is 5.91. The van der Waals surface area contributed by atoms with Crippen LogP contribution in [0.2, 0.25) is 0 Å². The molecule has 2 rings (SSSR count). The van der Waals surface area contributed by atoms with Crippen LogP contribution in [0.4, 0.5) is 0 Å². The summed E-state index contributed by atoms with van der Waals surface area (Å²) in [4.78, 5) is 0. The lowest BCUT2D eigenvalue weighted by Gasteiger charge is -2.27. The van der Waals surface area contributed by atoms with Crippen molar-refractivity contribution < 1.29 is 5.11 Å². The summed E-state index contributed by atoms with van der Waals surface area (Å²) >= 11 is 0. The molecule has 1 atom stereocenters. The number of aryl methyl sites for hydroxylation is 2. The Balaban J connectivity index is 2.02. The summed E-state index contributed by atoms with van der Waals surface area (Å²) < 4.78 is 1.82. The molecule has 1 aromatic rings. The summed E-state index contributed by atoms with van der Waals surface area (Å²) in [5.74, 6) is 0.736. The van der Waals surface area contributed by atoms with Gasteiger partial charge >= 0.3 is 0 Å². The highest BCUT2D eigenvalue weighted by Crippen LogP contribution is 2.34. The number of aliphatic hydroxyl groups excluding tert-OH is 1. The van der Waals surface area contributed by atoms with Crippen LogP contribution >= 0.6 is 0 Å². The second kappa shape index (κ2) is 4.35. The zero-order chi connectivity index (χ0) is 10.8. The van der Waals surface area contributed by atoms with Crippen LogP contribution in [-0.2, 0) is 13.5 Å². The minimum Gasteiger partial charge on any atom is -0.387 e. The van der Waals surface area contributed by atoms with Crippen molar-refractivity contribution in [3.05, 3.63) is 17.5 Å². The first-order chi connectivity index (χ1) is 7.20. The van der Waals surface area contributed by atoms with Gasteiger partial charge in [0.05, 0.1) is 17.5 Å². The molecule has 0 bridgehead atoms. The number of hydrogen-bond acceptors (Lipinski definition) is 2. The first-order valence-electron chi connectivity index (χ1n) is 5.91. The molecule has 1 aromatic heterocycles. The SMILES string of the molecule is CCc1cc(C(O)CC2CCC2)n(C)n1. The van der Waals surface area contributed by atoms with Crippen molar-refractivity contribution >= 4 is 0 Å². The number of hydrogen-bond donors (Lipinski definition) is 1. The van der Waals surface area contributed by atoms with Gasteiger partial charge in [-0.15, -0.1) is 0 Å². The van der Waals surface area contributed by atoms with Crippen LogP contribution in [-0.4, -0.2) is 14.9 Å². The van der Waals surface area contributed by atoms with Gasteiger partial charge in [-0.25, -0.2) is 0 Å². The third-order valence-electron chi connectivity index (χ3n) is 3.45. The molecular formula is C12H20N2O. The van der Waals surface area contributed by atoms with Gasteiger partial charge in [-0.2, -0.15) is 5.10 Å². The lowest BCUT2D eigenvalue weighted by Crippen LogP contribution is -2.16. The molecule has 0 radical (unpaired) electrons. The highest BCUT2D eigenvalue weighted by molar-refractivity contribution is 5.12. The van der Waals surface area contributed by atoms with Crippen LogP contribution in [0.5, 0.6) is 0 Å². The van der Waals surface area contributed by atoms with Crippen molar-refractivity contribution in [3.63, 3.8) is 0 Å². The summed E-state index contributed by atoms with van der Waals surface area (Å²) in [5.41, 5.74) is 2.04. The molecule has 3 heteroatoms. The fourth-order valence-corrected chi connectivity index (χ4v) is 2.19. The smallest absolute Gasteiger partial charge is 0.0959 e. The molecule has 1 N–H and O–H groups in total. The Morgan fingerprint density at radius 2 is 2.33 bits per heavy atom. The zero-order valence-electron chi connectivity index (χ0n) is 9.61. The molecule has 0 aliphatic heterocycles. The molecule has 0 saturated heterocycles. The van der Waals surface area contributed by atoms with Crippen molar-refractivity contribution in [1.82, 2.24) is 9.78 Å². The van der Waals surface area contributed by atoms with E-state index in [1.165, 1.54) is 19.3 Å². The predicted octanol–water partition coefficient (Wildman–Crippen LogP) is 2.21. The van der Waals surface area contributed by atoms with E-state index < -0.39 is 0 Å². The van der Waals surface area contributed by atoms with Crippen molar-refractivity contribution in [2.24, 2.45) is 13.0 Å².